The van der Waals surface area contributed by atoms with Gasteiger partial charge in [0, 0.05) is 40.3 Å². The Morgan fingerprint density at radius 1 is 1.03 bits per heavy atom. The van der Waals surface area contributed by atoms with Crippen molar-refractivity contribution in [3.63, 3.8) is 0 Å². The number of halogens is 4. The summed E-state index contributed by atoms with van der Waals surface area (Å²) in [6.45, 7) is 0.808. The second kappa shape index (κ2) is 9.94. The van der Waals surface area contributed by atoms with Gasteiger partial charge in [0.05, 0.1) is 11.5 Å². The highest BCUT2D eigenvalue weighted by Crippen LogP contribution is 2.37. The molecule has 1 unspecified atom stereocenters. The van der Waals surface area contributed by atoms with E-state index in [2.05, 4.69) is 10.3 Å². The summed E-state index contributed by atoms with van der Waals surface area (Å²) in [7, 11) is 0. The highest BCUT2D eigenvalue weighted by atomic mass is 35.5. The van der Waals surface area contributed by atoms with E-state index < -0.39 is 17.7 Å². The summed E-state index contributed by atoms with van der Waals surface area (Å²) in [5.74, 6) is -0.896. The Morgan fingerprint density at radius 3 is 2.57 bits per heavy atom. The average molecular weight is 526 g/mol. The van der Waals surface area contributed by atoms with Crippen molar-refractivity contribution < 1.29 is 18.0 Å². The minimum Gasteiger partial charge on any atom is -0.366 e. The predicted octanol–water partition coefficient (Wildman–Crippen LogP) is 6.72. The number of benzene rings is 3. The standard InChI is InChI=1S/C28H23ClF3N3O2/c29-20-11-12-23-22(15-20)24(17-6-2-1-3-7-17)25(27(37)34-23)35-13-5-8-18(16-35)26(36)33-21-10-4-9-19(14-21)28(30,31)32/h1-4,6-7,9-12,14-15,18H,5,8,13,16H2,(H,33,36)(H,34,37). The van der Waals surface area contributed by atoms with E-state index in [1.165, 1.54) is 12.1 Å². The number of H-pyrrole nitrogens is 1. The summed E-state index contributed by atoms with van der Waals surface area (Å²) in [5.41, 5.74) is 1.62. The minimum absolute atomic E-state index is 0.0834. The molecule has 1 atom stereocenters. The molecule has 2 heterocycles. The number of hydrogen-bond donors (Lipinski definition) is 2. The molecule has 190 valence electrons. The van der Waals surface area contributed by atoms with Gasteiger partial charge in [-0.3, -0.25) is 9.59 Å². The molecule has 0 radical (unpaired) electrons. The number of alkyl halides is 3. The second-order valence-corrected chi connectivity index (χ2v) is 9.52. The van der Waals surface area contributed by atoms with Crippen LogP contribution in [0.4, 0.5) is 24.5 Å². The molecule has 9 heteroatoms. The number of aromatic amines is 1. The normalized spacial score (nSPS) is 16.1. The van der Waals surface area contributed by atoms with Crippen LogP contribution < -0.4 is 15.8 Å². The number of pyridine rings is 1. The first-order valence-electron chi connectivity index (χ1n) is 11.8. The van der Waals surface area contributed by atoms with Crippen molar-refractivity contribution in [3.8, 4) is 11.1 Å². The number of fused-ring (bicyclic) bond motifs is 1. The van der Waals surface area contributed by atoms with Gasteiger partial charge in [0.2, 0.25) is 5.91 Å². The fourth-order valence-electron chi connectivity index (χ4n) is 4.87. The number of carbonyl (C=O) groups excluding carboxylic acids is 1. The van der Waals surface area contributed by atoms with Gasteiger partial charge in [-0.05, 0) is 54.8 Å². The molecule has 0 saturated carbocycles. The summed E-state index contributed by atoms with van der Waals surface area (Å²) in [4.78, 5) is 31.3. The van der Waals surface area contributed by atoms with E-state index in [0.717, 1.165) is 28.6 Å². The van der Waals surface area contributed by atoms with Gasteiger partial charge in [0.1, 0.15) is 5.69 Å². The van der Waals surface area contributed by atoms with Gasteiger partial charge in [0.15, 0.2) is 0 Å². The zero-order valence-corrected chi connectivity index (χ0v) is 20.4. The molecule has 1 aliphatic rings. The Morgan fingerprint density at radius 2 is 1.81 bits per heavy atom. The van der Waals surface area contributed by atoms with Crippen molar-refractivity contribution >= 4 is 39.8 Å². The molecule has 2 N–H and O–H groups in total. The third-order valence-corrected chi connectivity index (χ3v) is 6.81. The Kier molecular flexibility index (Phi) is 6.69. The Hall–Kier alpha value is -3.78. The molecule has 4 aromatic rings. The highest BCUT2D eigenvalue weighted by molar-refractivity contribution is 6.31. The first-order chi connectivity index (χ1) is 17.7. The van der Waals surface area contributed by atoms with Crippen molar-refractivity contribution in [2.45, 2.75) is 19.0 Å². The van der Waals surface area contributed by atoms with Crippen molar-refractivity contribution in [1.82, 2.24) is 4.98 Å². The van der Waals surface area contributed by atoms with Crippen LogP contribution in [0.3, 0.4) is 0 Å². The zero-order chi connectivity index (χ0) is 26.2. The number of piperidine rings is 1. The highest BCUT2D eigenvalue weighted by Gasteiger charge is 2.32. The molecule has 1 fully saturated rings. The third kappa shape index (κ3) is 5.20. The summed E-state index contributed by atoms with van der Waals surface area (Å²) < 4.78 is 39.3. The van der Waals surface area contributed by atoms with Crippen LogP contribution in [0, 0.1) is 5.92 Å². The largest absolute Gasteiger partial charge is 0.416 e. The quantitative estimate of drug-likeness (QED) is 0.311. The van der Waals surface area contributed by atoms with E-state index >= 15 is 0 Å². The number of nitrogens with zero attached hydrogens (tertiary/aromatic N) is 1. The fourth-order valence-corrected chi connectivity index (χ4v) is 5.04. The molecular formula is C28H23ClF3N3O2. The van der Waals surface area contributed by atoms with Crippen LogP contribution in [0.1, 0.15) is 18.4 Å². The van der Waals surface area contributed by atoms with Gasteiger partial charge in [-0.25, -0.2) is 0 Å². The van der Waals surface area contributed by atoms with Crippen LogP contribution >= 0.6 is 11.6 Å². The number of aromatic nitrogens is 1. The molecule has 1 aliphatic heterocycles. The zero-order valence-electron chi connectivity index (χ0n) is 19.6. The average Bonchev–Trinajstić information content (AvgIpc) is 2.88. The first-order valence-corrected chi connectivity index (χ1v) is 12.2. The van der Waals surface area contributed by atoms with Gasteiger partial charge in [0.25, 0.3) is 5.56 Å². The molecule has 0 spiro atoms. The van der Waals surface area contributed by atoms with Crippen LogP contribution in [0.5, 0.6) is 0 Å². The Labute approximate surface area is 215 Å². The lowest BCUT2D eigenvalue weighted by atomic mass is 9.93. The van der Waals surface area contributed by atoms with Crippen molar-refractivity contribution in [2.24, 2.45) is 5.92 Å². The maximum atomic E-state index is 13.4. The number of carbonyl (C=O) groups is 1. The van der Waals surface area contributed by atoms with Crippen LogP contribution in [0.2, 0.25) is 5.02 Å². The molecule has 5 nitrogen and oxygen atoms in total. The first kappa shape index (κ1) is 24.9. The number of rotatable bonds is 4. The Balaban J connectivity index is 1.49. The lowest BCUT2D eigenvalue weighted by molar-refractivity contribution is -0.137. The van der Waals surface area contributed by atoms with E-state index in [0.29, 0.717) is 35.6 Å². The molecule has 3 aromatic carbocycles. The molecule has 1 saturated heterocycles. The molecular weight excluding hydrogens is 503 g/mol. The van der Waals surface area contributed by atoms with Gasteiger partial charge in [-0.15, -0.1) is 0 Å². The summed E-state index contributed by atoms with van der Waals surface area (Å²) in [6, 6.07) is 19.3. The summed E-state index contributed by atoms with van der Waals surface area (Å²) >= 11 is 6.31. The monoisotopic (exact) mass is 525 g/mol. The van der Waals surface area contributed by atoms with E-state index in [-0.39, 0.29) is 23.7 Å². The molecule has 0 bridgehead atoms. The van der Waals surface area contributed by atoms with Crippen molar-refractivity contribution in [2.75, 3.05) is 23.3 Å². The van der Waals surface area contributed by atoms with Crippen LogP contribution in [0.25, 0.3) is 22.0 Å². The second-order valence-electron chi connectivity index (χ2n) is 9.09. The molecule has 1 amide bonds. The fraction of sp³-hybridized carbons (Fsp3) is 0.214. The van der Waals surface area contributed by atoms with Crippen molar-refractivity contribution in [3.05, 3.63) is 93.7 Å². The number of hydrogen-bond acceptors (Lipinski definition) is 3. The molecule has 37 heavy (non-hydrogen) atoms. The number of nitrogens with one attached hydrogen (secondary N) is 2. The SMILES string of the molecule is O=C(Nc1cccc(C(F)(F)F)c1)C1CCCN(c2c(-c3ccccc3)c3cc(Cl)ccc3[nH]c2=O)C1. The van der Waals surface area contributed by atoms with E-state index in [1.54, 1.807) is 18.2 Å². The van der Waals surface area contributed by atoms with E-state index in [9.17, 15) is 22.8 Å². The minimum atomic E-state index is -4.50. The lowest BCUT2D eigenvalue weighted by Crippen LogP contribution is -2.43. The third-order valence-electron chi connectivity index (χ3n) is 6.58. The van der Waals surface area contributed by atoms with Crippen molar-refractivity contribution in [1.29, 1.82) is 0 Å². The summed E-state index contributed by atoms with van der Waals surface area (Å²) in [6.07, 6.45) is -3.31. The topological polar surface area (TPSA) is 65.2 Å². The molecule has 0 aliphatic carbocycles. The lowest BCUT2D eigenvalue weighted by Gasteiger charge is -2.34. The smallest absolute Gasteiger partial charge is 0.366 e. The van der Waals surface area contributed by atoms with E-state index in [4.69, 9.17) is 11.6 Å². The van der Waals surface area contributed by atoms with Crippen LogP contribution in [-0.4, -0.2) is 24.0 Å². The maximum absolute atomic E-state index is 13.4. The Bertz CT molecular complexity index is 1520. The molecule has 1 aromatic heterocycles. The van der Waals surface area contributed by atoms with E-state index in [1.807, 2.05) is 35.2 Å². The maximum Gasteiger partial charge on any atom is 0.416 e. The molecule has 5 rings (SSSR count). The van der Waals surface area contributed by atoms with Gasteiger partial charge in [-0.2, -0.15) is 13.2 Å². The predicted molar refractivity (Wildman–Crippen MR) is 140 cm³/mol. The van der Waals surface area contributed by atoms with Gasteiger partial charge in [-0.1, -0.05) is 48.0 Å². The van der Waals surface area contributed by atoms with Gasteiger partial charge < -0.3 is 15.2 Å². The van der Waals surface area contributed by atoms with Crippen LogP contribution in [-0.2, 0) is 11.0 Å². The number of amides is 1. The number of anilines is 2. The van der Waals surface area contributed by atoms with Gasteiger partial charge >= 0.3 is 6.18 Å². The van der Waals surface area contributed by atoms with Crippen LogP contribution in [0.15, 0.2) is 77.6 Å². The summed E-state index contributed by atoms with van der Waals surface area (Å²) in [5, 5.41) is 3.93.